The van der Waals surface area contributed by atoms with Gasteiger partial charge in [-0.05, 0) is 137 Å². The Morgan fingerprint density at radius 3 is 2.09 bits per heavy atom. The number of carbonyl (C=O) groups is 4. The van der Waals surface area contributed by atoms with Gasteiger partial charge in [0.25, 0.3) is 0 Å². The van der Waals surface area contributed by atoms with Crippen molar-refractivity contribution in [3.05, 3.63) is 64.0 Å². The van der Waals surface area contributed by atoms with Gasteiger partial charge in [-0.3, -0.25) is 4.79 Å². The van der Waals surface area contributed by atoms with Crippen molar-refractivity contribution in [3.63, 3.8) is 0 Å². The van der Waals surface area contributed by atoms with Crippen molar-refractivity contribution in [1.29, 1.82) is 0 Å². The highest BCUT2D eigenvalue weighted by molar-refractivity contribution is 7.88. The van der Waals surface area contributed by atoms with E-state index in [2.05, 4.69) is 5.32 Å². The topological polar surface area (TPSA) is 161 Å². The summed E-state index contributed by atoms with van der Waals surface area (Å²) in [6, 6.07) is 14.6. The minimum atomic E-state index is -3.78. The Kier molecular flexibility index (Phi) is 15.5. The highest BCUT2D eigenvalue weighted by Crippen LogP contribution is 2.47. The van der Waals surface area contributed by atoms with Crippen molar-refractivity contribution in [2.75, 3.05) is 43.5 Å². The third-order valence-electron chi connectivity index (χ3n) is 10.6. The van der Waals surface area contributed by atoms with Gasteiger partial charge in [0, 0.05) is 55.6 Å². The Bertz CT molecular complexity index is 2300. The molecule has 352 valence electrons. The number of carbonyl (C=O) groups excluding carboxylic acids is 4. The maximum Gasteiger partial charge on any atom is 0.410 e. The molecule has 2 fully saturated rings. The fourth-order valence-corrected chi connectivity index (χ4v) is 11.3. The van der Waals surface area contributed by atoms with E-state index in [0.29, 0.717) is 67.0 Å². The van der Waals surface area contributed by atoms with Crippen LogP contribution in [-0.2, 0) is 39.6 Å². The minimum Gasteiger partial charge on any atom is -0.479 e. The molecule has 3 aromatic rings. The van der Waals surface area contributed by atoms with Crippen LogP contribution >= 0.6 is 22.9 Å². The van der Waals surface area contributed by atoms with Gasteiger partial charge >= 0.3 is 18.0 Å². The van der Waals surface area contributed by atoms with Crippen molar-refractivity contribution in [1.82, 2.24) is 9.21 Å². The van der Waals surface area contributed by atoms with Crippen molar-refractivity contribution in [2.45, 2.75) is 136 Å². The Hall–Kier alpha value is -4.38. The van der Waals surface area contributed by atoms with Gasteiger partial charge in [-0.15, -0.1) is 11.3 Å². The monoisotopic (exact) mass is 944 g/mol. The first-order valence-electron chi connectivity index (χ1n) is 21.6. The smallest absolute Gasteiger partial charge is 0.410 e. The lowest BCUT2D eigenvalue weighted by Crippen LogP contribution is -2.55. The fourth-order valence-electron chi connectivity index (χ4n) is 7.86. The number of piperidine rings is 2. The first-order chi connectivity index (χ1) is 29.5. The third-order valence-corrected chi connectivity index (χ3v) is 14.3. The summed E-state index contributed by atoms with van der Waals surface area (Å²) in [5.74, 6) is -1.79. The van der Waals surface area contributed by atoms with Crippen molar-refractivity contribution in [3.8, 4) is 16.2 Å². The Labute approximate surface area is 387 Å². The summed E-state index contributed by atoms with van der Waals surface area (Å²) >= 11 is 8.01. The summed E-state index contributed by atoms with van der Waals surface area (Å²) in [7, 11) is -2.08. The zero-order chi connectivity index (χ0) is 47.6. The van der Waals surface area contributed by atoms with Gasteiger partial charge in [-0.25, -0.2) is 22.8 Å². The summed E-state index contributed by atoms with van der Waals surface area (Å²) in [5, 5.41) is 3.75. The molecule has 2 aliphatic rings. The summed E-state index contributed by atoms with van der Waals surface area (Å²) < 4.78 is 52.2. The van der Waals surface area contributed by atoms with Gasteiger partial charge in [0.05, 0.1) is 10.6 Å². The molecular formula is C47H65ClN4O10S2. The molecule has 0 saturated carbocycles. The van der Waals surface area contributed by atoms with Crippen LogP contribution in [0.25, 0.3) is 10.4 Å². The first kappa shape index (κ1) is 50.6. The molecule has 64 heavy (non-hydrogen) atoms. The number of rotatable bonds is 12. The highest BCUT2D eigenvalue weighted by Gasteiger charge is 2.42. The number of esters is 2. The number of ether oxygens (including phenoxy) is 4. The Morgan fingerprint density at radius 2 is 1.48 bits per heavy atom. The molecule has 2 amide bonds. The number of sulfonamides is 1. The second-order valence-electron chi connectivity index (χ2n) is 20.1. The SMILES string of the molecule is CN(C(=O)C1CCN(C(=O)OC(C)(C)C)CC1)c1cccc(CS(=O)(=O)N2CCC(Nc3cccc(-c4sc(C(=O)OC(C)(C)C)c(OCC(=O)OC(C)(C)C)c4Cl)c3)CC2(C)C)c1. The summed E-state index contributed by atoms with van der Waals surface area (Å²) in [5.41, 5.74) is -0.196. The number of hydrogen-bond donors (Lipinski definition) is 1. The molecule has 5 rings (SSSR count). The first-order valence-corrected chi connectivity index (χ1v) is 24.4. The predicted molar refractivity (Wildman–Crippen MR) is 252 cm³/mol. The lowest BCUT2D eigenvalue weighted by Gasteiger charge is -2.45. The Morgan fingerprint density at radius 1 is 0.859 bits per heavy atom. The molecule has 17 heteroatoms. The molecule has 2 saturated heterocycles. The molecule has 2 aliphatic heterocycles. The number of halogens is 1. The molecule has 0 aliphatic carbocycles. The van der Waals surface area contributed by atoms with Crippen LogP contribution in [0.3, 0.4) is 0 Å². The quantitative estimate of drug-likeness (QED) is 0.136. The average molecular weight is 946 g/mol. The maximum absolute atomic E-state index is 14.1. The summed E-state index contributed by atoms with van der Waals surface area (Å²) in [4.78, 5) is 55.9. The maximum atomic E-state index is 14.1. The second-order valence-corrected chi connectivity index (χ2v) is 23.4. The van der Waals surface area contributed by atoms with Crippen molar-refractivity contribution >= 4 is 68.3 Å². The van der Waals surface area contributed by atoms with Crippen LogP contribution in [0.1, 0.15) is 117 Å². The fraction of sp³-hybridized carbons (Fsp3) is 0.574. The summed E-state index contributed by atoms with van der Waals surface area (Å²) in [6.45, 7) is 20.5. The van der Waals surface area contributed by atoms with Crippen LogP contribution in [0.5, 0.6) is 5.75 Å². The van der Waals surface area contributed by atoms with Crippen molar-refractivity contribution < 1.29 is 46.5 Å². The molecular weight excluding hydrogens is 880 g/mol. The molecule has 1 N–H and O–H groups in total. The number of anilines is 2. The van der Waals surface area contributed by atoms with Crippen LogP contribution < -0.4 is 15.0 Å². The molecule has 0 bridgehead atoms. The number of benzene rings is 2. The molecule has 1 aromatic heterocycles. The number of likely N-dealkylation sites (tertiary alicyclic amines) is 1. The van der Waals surface area contributed by atoms with Crippen LogP contribution in [0.4, 0.5) is 16.2 Å². The number of nitrogens with zero attached hydrogens (tertiary/aromatic N) is 3. The van der Waals surface area contributed by atoms with Gasteiger partial charge in [-0.1, -0.05) is 35.9 Å². The number of hydrogen-bond acceptors (Lipinski definition) is 12. The van der Waals surface area contributed by atoms with E-state index in [1.807, 2.05) is 58.9 Å². The zero-order valence-electron chi connectivity index (χ0n) is 39.3. The van der Waals surface area contributed by atoms with Crippen LogP contribution in [0.2, 0.25) is 5.02 Å². The van der Waals surface area contributed by atoms with Crippen LogP contribution in [-0.4, -0.2) is 103 Å². The minimum absolute atomic E-state index is 0.0386. The Balaban J connectivity index is 1.24. The van der Waals surface area contributed by atoms with E-state index in [1.165, 1.54) is 0 Å². The lowest BCUT2D eigenvalue weighted by molar-refractivity contribution is -0.157. The number of amides is 2. The largest absolute Gasteiger partial charge is 0.479 e. The normalized spacial score (nSPS) is 17.6. The molecule has 0 spiro atoms. The standard InChI is InChI=1S/C47H65ClN4O10S2/c1-44(2,3)60-36(53)28-59-38-37(48)39(63-40(38)42(55)61-45(4,5)6)32-16-14-17-33(26-32)49-34-21-24-52(47(10,11)27-34)64(57,58)29-30-15-13-18-35(25-30)50(12)41(54)31-19-22-51(23-20-31)43(56)62-46(7,8)9/h13-18,25-26,31,34,49H,19-24,27-29H2,1-12H3. The van der Waals surface area contributed by atoms with Crippen LogP contribution in [0, 0.1) is 5.92 Å². The summed E-state index contributed by atoms with van der Waals surface area (Å²) in [6.07, 6.45) is 1.70. The number of thiophene rings is 1. The van der Waals surface area contributed by atoms with E-state index in [1.54, 1.807) is 87.0 Å². The van der Waals surface area contributed by atoms with Gasteiger partial charge in [0.15, 0.2) is 17.2 Å². The van der Waals surface area contributed by atoms with Crippen LogP contribution in [0.15, 0.2) is 48.5 Å². The van der Waals surface area contributed by atoms with E-state index in [-0.39, 0.29) is 45.4 Å². The molecule has 3 heterocycles. The highest BCUT2D eigenvalue weighted by atomic mass is 35.5. The zero-order valence-corrected chi connectivity index (χ0v) is 41.6. The van der Waals surface area contributed by atoms with Gasteiger partial charge in [0.2, 0.25) is 15.9 Å². The van der Waals surface area contributed by atoms with E-state index in [0.717, 1.165) is 17.0 Å². The molecule has 1 atom stereocenters. The van der Waals surface area contributed by atoms with E-state index in [4.69, 9.17) is 30.5 Å². The third kappa shape index (κ3) is 13.6. The van der Waals surface area contributed by atoms with E-state index < -0.39 is 50.9 Å². The molecule has 2 aromatic carbocycles. The lowest BCUT2D eigenvalue weighted by atomic mass is 9.89. The van der Waals surface area contributed by atoms with E-state index in [9.17, 15) is 27.6 Å². The van der Waals surface area contributed by atoms with Gasteiger partial charge in [-0.2, -0.15) is 4.31 Å². The second kappa shape index (κ2) is 19.6. The van der Waals surface area contributed by atoms with Gasteiger partial charge < -0.3 is 34.1 Å². The molecule has 1 unspecified atom stereocenters. The molecule has 0 radical (unpaired) electrons. The van der Waals surface area contributed by atoms with Gasteiger partial charge in [0.1, 0.15) is 21.8 Å². The number of nitrogens with one attached hydrogen (secondary N) is 1. The van der Waals surface area contributed by atoms with Crippen molar-refractivity contribution in [2.24, 2.45) is 5.92 Å². The predicted octanol–water partition coefficient (Wildman–Crippen LogP) is 9.54. The molecule has 14 nitrogen and oxygen atoms in total. The average Bonchev–Trinajstić information content (AvgIpc) is 3.50. The van der Waals surface area contributed by atoms with E-state index >= 15 is 0 Å².